The summed E-state index contributed by atoms with van der Waals surface area (Å²) in [7, 11) is 1.92. The number of hydrogen-bond acceptors (Lipinski definition) is 6. The molecule has 1 N–H and O–H groups in total. The summed E-state index contributed by atoms with van der Waals surface area (Å²) in [6.07, 6.45) is 3.29. The van der Waals surface area contributed by atoms with Gasteiger partial charge in [0.15, 0.2) is 11.4 Å². The zero-order valence-electron chi connectivity index (χ0n) is 22.3. The monoisotopic (exact) mass is 507 g/mol. The first-order chi connectivity index (χ1) is 17.7. The second kappa shape index (κ2) is 8.75. The Kier molecular flexibility index (Phi) is 5.74. The van der Waals surface area contributed by atoms with Gasteiger partial charge in [-0.15, -0.1) is 0 Å². The second-order valence-corrected chi connectivity index (χ2v) is 11.8. The molecule has 6 rings (SSSR count). The third kappa shape index (κ3) is 4.37. The highest BCUT2D eigenvalue weighted by atomic mass is 16.6. The van der Waals surface area contributed by atoms with E-state index in [9.17, 15) is 9.59 Å². The van der Waals surface area contributed by atoms with E-state index in [0.717, 1.165) is 47.7 Å². The smallest absolute Gasteiger partial charge is 0.409 e. The maximum Gasteiger partial charge on any atom is 0.409 e. The molecule has 1 saturated carbocycles. The van der Waals surface area contributed by atoms with Crippen molar-refractivity contribution in [3.63, 3.8) is 0 Å². The predicted octanol–water partition coefficient (Wildman–Crippen LogP) is 3.45. The number of amides is 2. The van der Waals surface area contributed by atoms with Crippen molar-refractivity contribution in [2.75, 3.05) is 39.3 Å². The van der Waals surface area contributed by atoms with Crippen molar-refractivity contribution in [2.24, 2.45) is 13.0 Å². The fraction of sp³-hybridized carbons (Fsp3) is 0.607. The number of imidazole rings is 1. The number of nitrogens with one attached hydrogen (secondary N) is 1. The van der Waals surface area contributed by atoms with Crippen LogP contribution in [0.2, 0.25) is 0 Å². The Bertz CT molecular complexity index is 1240. The van der Waals surface area contributed by atoms with Crippen molar-refractivity contribution >= 4 is 12.0 Å². The molecule has 0 atom stereocenters. The molecular weight excluding hydrogens is 470 g/mol. The lowest BCUT2D eigenvalue weighted by atomic mass is 9.83. The summed E-state index contributed by atoms with van der Waals surface area (Å²) < 4.78 is 14.3. The number of carbonyl (C=O) groups excluding carboxylic acids is 2. The van der Waals surface area contributed by atoms with Gasteiger partial charge in [0.25, 0.3) is 5.91 Å². The minimum atomic E-state index is -0.660. The zero-order chi connectivity index (χ0) is 25.9. The molecule has 9 nitrogen and oxygen atoms in total. The van der Waals surface area contributed by atoms with Crippen molar-refractivity contribution < 1.29 is 19.1 Å². The number of likely N-dealkylation sites (tertiary alicyclic amines) is 1. The second-order valence-electron chi connectivity index (χ2n) is 11.8. The van der Waals surface area contributed by atoms with Crippen molar-refractivity contribution in [1.29, 1.82) is 0 Å². The molecule has 2 amide bonds. The van der Waals surface area contributed by atoms with Crippen LogP contribution in [0.5, 0.6) is 5.75 Å². The van der Waals surface area contributed by atoms with Gasteiger partial charge in [-0.25, -0.2) is 9.78 Å². The molecular formula is C28H37N5O4. The lowest BCUT2D eigenvalue weighted by molar-refractivity contribution is -0.0111. The normalized spacial score (nSPS) is 21.7. The van der Waals surface area contributed by atoms with Crippen LogP contribution >= 0.6 is 0 Å². The number of aromatic nitrogens is 2. The summed E-state index contributed by atoms with van der Waals surface area (Å²) >= 11 is 0. The topological polar surface area (TPSA) is 88.9 Å². The van der Waals surface area contributed by atoms with E-state index in [1.807, 2.05) is 35.6 Å². The number of nitrogens with zero attached hydrogens (tertiary/aromatic N) is 4. The quantitative estimate of drug-likeness (QED) is 0.685. The summed E-state index contributed by atoms with van der Waals surface area (Å²) in [6.45, 7) is 9.88. The molecule has 3 aliphatic heterocycles. The molecule has 0 radical (unpaired) electrons. The number of piperidine rings is 1. The van der Waals surface area contributed by atoms with E-state index < -0.39 is 5.60 Å². The first kappa shape index (κ1) is 24.3. The van der Waals surface area contributed by atoms with Gasteiger partial charge < -0.3 is 29.2 Å². The van der Waals surface area contributed by atoms with Crippen LogP contribution < -0.4 is 10.1 Å². The van der Waals surface area contributed by atoms with Crippen LogP contribution in [-0.2, 0) is 17.4 Å². The molecule has 2 aromatic rings. The summed E-state index contributed by atoms with van der Waals surface area (Å²) in [5, 5.41) is 3.47. The van der Waals surface area contributed by atoms with Gasteiger partial charge in [0.1, 0.15) is 11.4 Å². The molecule has 1 aromatic carbocycles. The first-order valence-electron chi connectivity index (χ1n) is 13.5. The average molecular weight is 508 g/mol. The Morgan fingerprint density at radius 2 is 1.92 bits per heavy atom. The Balaban J connectivity index is 1.33. The Labute approximate surface area is 218 Å². The van der Waals surface area contributed by atoms with E-state index in [0.29, 0.717) is 57.4 Å². The number of benzene rings is 1. The van der Waals surface area contributed by atoms with E-state index in [2.05, 4.69) is 25.2 Å². The summed E-state index contributed by atoms with van der Waals surface area (Å²) in [5.74, 6) is 1.70. The fourth-order valence-corrected chi connectivity index (χ4v) is 5.98. The molecule has 1 aromatic heterocycles. The van der Waals surface area contributed by atoms with E-state index in [-0.39, 0.29) is 17.5 Å². The maximum atomic E-state index is 13.7. The van der Waals surface area contributed by atoms with Crippen LogP contribution in [0, 0.1) is 12.8 Å². The van der Waals surface area contributed by atoms with Crippen molar-refractivity contribution in [3.05, 3.63) is 35.3 Å². The fourth-order valence-electron chi connectivity index (χ4n) is 5.98. The van der Waals surface area contributed by atoms with Gasteiger partial charge in [0.05, 0.1) is 12.3 Å². The summed E-state index contributed by atoms with van der Waals surface area (Å²) in [6, 6.07) is 6.14. The maximum absolute atomic E-state index is 13.7. The molecule has 0 unspecified atom stereocenters. The van der Waals surface area contributed by atoms with Gasteiger partial charge in [0, 0.05) is 63.7 Å². The average Bonchev–Trinajstić information content (AvgIpc) is 3.62. The molecule has 1 aliphatic carbocycles. The molecule has 4 heterocycles. The van der Waals surface area contributed by atoms with E-state index in [4.69, 9.17) is 14.5 Å². The third-order valence-electron chi connectivity index (χ3n) is 8.24. The van der Waals surface area contributed by atoms with Crippen molar-refractivity contribution in [1.82, 2.24) is 24.7 Å². The Hall–Kier alpha value is -3.07. The van der Waals surface area contributed by atoms with Crippen LogP contribution in [0.3, 0.4) is 0 Å². The van der Waals surface area contributed by atoms with Crippen molar-refractivity contribution in [2.45, 2.75) is 57.6 Å². The molecule has 2 saturated heterocycles. The molecule has 37 heavy (non-hydrogen) atoms. The Morgan fingerprint density at radius 3 is 2.62 bits per heavy atom. The number of piperazine rings is 1. The lowest BCUT2D eigenvalue weighted by Gasteiger charge is -2.44. The molecule has 198 valence electrons. The van der Waals surface area contributed by atoms with Crippen LogP contribution in [-0.4, -0.2) is 76.2 Å². The molecule has 1 spiro atoms. The number of carbonyl (C=O) groups is 2. The third-order valence-corrected chi connectivity index (χ3v) is 8.24. The van der Waals surface area contributed by atoms with Gasteiger partial charge in [0.2, 0.25) is 0 Å². The number of fused-ring (bicyclic) bond motifs is 4. The van der Waals surface area contributed by atoms with Crippen molar-refractivity contribution in [3.8, 4) is 17.0 Å². The molecule has 9 heteroatoms. The predicted molar refractivity (Wildman–Crippen MR) is 139 cm³/mol. The number of ether oxygens (including phenoxy) is 2. The van der Waals surface area contributed by atoms with Crippen LogP contribution in [0.15, 0.2) is 18.2 Å². The highest BCUT2D eigenvalue weighted by molar-refractivity contribution is 5.93. The van der Waals surface area contributed by atoms with Crippen LogP contribution in [0.4, 0.5) is 4.79 Å². The molecule has 0 bridgehead atoms. The first-order valence-corrected chi connectivity index (χ1v) is 13.5. The van der Waals surface area contributed by atoms with Gasteiger partial charge in [-0.2, -0.15) is 0 Å². The van der Waals surface area contributed by atoms with Gasteiger partial charge >= 0.3 is 6.09 Å². The van der Waals surface area contributed by atoms with Gasteiger partial charge in [-0.3, -0.25) is 4.79 Å². The molecule has 4 aliphatic rings. The standard InChI is InChI=1S/C28H37N5O4/c1-18-5-8-20-21(15-18)37-28(9-12-32(13-10-28)26(35)36-16-19-6-7-19)23-22(20)30-24(31(23)4)25(34)33-14-11-29-27(2,3)17-33/h5,8,15,19,29H,6-7,9-14,16-17H2,1-4H3. The van der Waals surface area contributed by atoms with Gasteiger partial charge in [-0.1, -0.05) is 6.07 Å². The SMILES string of the molecule is Cc1ccc2c(c1)OC1(CCN(C(=O)OCC3CC3)CC1)c1c-2nc(C(=O)N2CCNC(C)(C)C2)n1C. The summed E-state index contributed by atoms with van der Waals surface area (Å²) in [4.78, 5) is 35.1. The highest BCUT2D eigenvalue weighted by Crippen LogP contribution is 2.49. The van der Waals surface area contributed by atoms with E-state index >= 15 is 0 Å². The summed E-state index contributed by atoms with van der Waals surface area (Å²) in [5.41, 5.74) is 2.95. The largest absolute Gasteiger partial charge is 0.480 e. The number of hydrogen-bond donors (Lipinski definition) is 1. The zero-order valence-corrected chi connectivity index (χ0v) is 22.3. The van der Waals surface area contributed by atoms with Crippen LogP contribution in [0.1, 0.15) is 61.4 Å². The van der Waals surface area contributed by atoms with E-state index in [1.165, 1.54) is 0 Å². The number of aryl methyl sites for hydroxylation is 1. The minimum Gasteiger partial charge on any atom is -0.480 e. The number of rotatable bonds is 3. The van der Waals surface area contributed by atoms with Gasteiger partial charge in [-0.05, 0) is 57.2 Å². The Morgan fingerprint density at radius 1 is 1.16 bits per heavy atom. The lowest BCUT2D eigenvalue weighted by Crippen LogP contribution is -2.58. The minimum absolute atomic E-state index is 0.0589. The van der Waals surface area contributed by atoms with E-state index in [1.54, 1.807) is 4.90 Å². The molecule has 3 fully saturated rings. The highest BCUT2D eigenvalue weighted by Gasteiger charge is 2.48. The van der Waals surface area contributed by atoms with Crippen LogP contribution in [0.25, 0.3) is 11.3 Å².